The third-order valence-electron chi connectivity index (χ3n) is 4.68. The SMILES string of the molecule is Cc1ccc([C@@H](C2CCC2)N2CCNCC2)cc1F.Cl. The topological polar surface area (TPSA) is 15.3 Å². The van der Waals surface area contributed by atoms with Crippen molar-refractivity contribution in [1.29, 1.82) is 0 Å². The van der Waals surface area contributed by atoms with Crippen molar-refractivity contribution >= 4 is 12.4 Å². The van der Waals surface area contributed by atoms with E-state index in [9.17, 15) is 4.39 Å². The molecule has 1 aromatic rings. The summed E-state index contributed by atoms with van der Waals surface area (Å²) >= 11 is 0. The van der Waals surface area contributed by atoms with Gasteiger partial charge in [-0.3, -0.25) is 4.90 Å². The maximum Gasteiger partial charge on any atom is 0.126 e. The first-order chi connectivity index (χ1) is 9.25. The van der Waals surface area contributed by atoms with Gasteiger partial charge in [0.15, 0.2) is 0 Å². The summed E-state index contributed by atoms with van der Waals surface area (Å²) in [6.45, 7) is 6.10. The number of hydrogen-bond acceptors (Lipinski definition) is 2. The largest absolute Gasteiger partial charge is 0.314 e. The maximum atomic E-state index is 13.9. The summed E-state index contributed by atoms with van der Waals surface area (Å²) in [6.07, 6.45) is 3.93. The lowest BCUT2D eigenvalue weighted by atomic mass is 9.76. The van der Waals surface area contributed by atoms with Crippen LogP contribution in [-0.2, 0) is 0 Å². The molecule has 2 nitrogen and oxygen atoms in total. The number of piperazine rings is 1. The van der Waals surface area contributed by atoms with Crippen molar-refractivity contribution < 1.29 is 4.39 Å². The van der Waals surface area contributed by atoms with Crippen LogP contribution in [0.2, 0.25) is 0 Å². The highest BCUT2D eigenvalue weighted by atomic mass is 35.5. The Labute approximate surface area is 127 Å². The van der Waals surface area contributed by atoms with Crippen LogP contribution in [0.15, 0.2) is 18.2 Å². The molecule has 1 aromatic carbocycles. The van der Waals surface area contributed by atoms with E-state index in [1.807, 2.05) is 13.0 Å². The van der Waals surface area contributed by atoms with Crippen molar-refractivity contribution in [2.24, 2.45) is 5.92 Å². The number of rotatable bonds is 3. The van der Waals surface area contributed by atoms with E-state index in [4.69, 9.17) is 0 Å². The quantitative estimate of drug-likeness (QED) is 0.921. The first-order valence-electron chi connectivity index (χ1n) is 7.46. The molecule has 1 heterocycles. The fourth-order valence-electron chi connectivity index (χ4n) is 3.29. The Bertz CT molecular complexity index is 442. The number of aryl methyl sites for hydroxylation is 1. The first-order valence-corrected chi connectivity index (χ1v) is 7.46. The standard InChI is InChI=1S/C16H23FN2.ClH/c1-12-5-6-14(11-15(12)17)16(13-3-2-4-13)19-9-7-18-8-10-19;/h5-6,11,13,16,18H,2-4,7-10H2,1H3;1H/t16-;/m1./s1. The molecule has 0 aromatic heterocycles. The molecule has 20 heavy (non-hydrogen) atoms. The van der Waals surface area contributed by atoms with Gasteiger partial charge in [0.05, 0.1) is 0 Å². The molecule has 0 radical (unpaired) electrons. The monoisotopic (exact) mass is 298 g/mol. The van der Waals surface area contributed by atoms with E-state index in [1.54, 1.807) is 6.07 Å². The van der Waals surface area contributed by atoms with Crippen LogP contribution in [0.4, 0.5) is 4.39 Å². The van der Waals surface area contributed by atoms with Crippen molar-refractivity contribution in [3.63, 3.8) is 0 Å². The Morgan fingerprint density at radius 2 is 1.95 bits per heavy atom. The Kier molecular flexibility index (Phi) is 5.42. The number of hydrogen-bond donors (Lipinski definition) is 1. The van der Waals surface area contributed by atoms with Crippen molar-refractivity contribution in [2.75, 3.05) is 26.2 Å². The Balaban J connectivity index is 0.00000147. The van der Waals surface area contributed by atoms with Crippen LogP contribution in [0.1, 0.15) is 36.4 Å². The third-order valence-corrected chi connectivity index (χ3v) is 4.68. The highest BCUT2D eigenvalue weighted by Crippen LogP contribution is 2.41. The fraction of sp³-hybridized carbons (Fsp3) is 0.625. The molecule has 0 spiro atoms. The minimum atomic E-state index is -0.0584. The lowest BCUT2D eigenvalue weighted by Gasteiger charge is -2.43. The molecule has 1 aliphatic carbocycles. The molecular weight excluding hydrogens is 275 g/mol. The summed E-state index contributed by atoms with van der Waals surface area (Å²) in [7, 11) is 0. The molecule has 4 heteroatoms. The number of nitrogens with zero attached hydrogens (tertiary/aromatic N) is 1. The Hall–Kier alpha value is -0.640. The normalized spacial score (nSPS) is 21.9. The van der Waals surface area contributed by atoms with Gasteiger partial charge in [-0.05, 0) is 42.9 Å². The highest BCUT2D eigenvalue weighted by Gasteiger charge is 2.33. The van der Waals surface area contributed by atoms with Crippen molar-refractivity contribution in [1.82, 2.24) is 10.2 Å². The summed E-state index contributed by atoms with van der Waals surface area (Å²) in [6, 6.07) is 6.24. The minimum absolute atomic E-state index is 0. The van der Waals surface area contributed by atoms with E-state index in [-0.39, 0.29) is 18.2 Å². The molecule has 1 saturated heterocycles. The number of nitrogens with one attached hydrogen (secondary N) is 1. The van der Waals surface area contributed by atoms with Crippen molar-refractivity contribution in [3.8, 4) is 0 Å². The fourth-order valence-corrected chi connectivity index (χ4v) is 3.29. The second-order valence-electron chi connectivity index (χ2n) is 5.93. The Morgan fingerprint density at radius 1 is 1.25 bits per heavy atom. The van der Waals surface area contributed by atoms with Gasteiger partial charge in [-0.25, -0.2) is 4.39 Å². The van der Waals surface area contributed by atoms with Gasteiger partial charge < -0.3 is 5.32 Å². The van der Waals surface area contributed by atoms with Gasteiger partial charge in [0.1, 0.15) is 5.82 Å². The van der Waals surface area contributed by atoms with Crippen LogP contribution in [0.5, 0.6) is 0 Å². The average Bonchev–Trinajstić information content (AvgIpc) is 2.38. The number of halogens is 2. The average molecular weight is 299 g/mol. The molecule has 0 bridgehead atoms. The first kappa shape index (κ1) is 15.7. The van der Waals surface area contributed by atoms with Gasteiger partial charge in [-0.15, -0.1) is 12.4 Å². The van der Waals surface area contributed by atoms with E-state index >= 15 is 0 Å². The zero-order valence-corrected chi connectivity index (χ0v) is 12.9. The van der Waals surface area contributed by atoms with Crippen LogP contribution in [0, 0.1) is 18.7 Å². The van der Waals surface area contributed by atoms with Crippen molar-refractivity contribution in [3.05, 3.63) is 35.1 Å². The van der Waals surface area contributed by atoms with Gasteiger partial charge in [-0.1, -0.05) is 18.6 Å². The summed E-state index contributed by atoms with van der Waals surface area (Å²) in [5.74, 6) is 0.664. The lowest BCUT2D eigenvalue weighted by Crippen LogP contribution is -2.47. The summed E-state index contributed by atoms with van der Waals surface area (Å²) < 4.78 is 13.9. The van der Waals surface area contributed by atoms with Gasteiger partial charge in [0, 0.05) is 32.2 Å². The van der Waals surface area contributed by atoms with E-state index in [0.717, 1.165) is 37.7 Å². The molecular formula is C16H24ClFN2. The van der Waals surface area contributed by atoms with Crippen LogP contribution < -0.4 is 5.32 Å². The van der Waals surface area contributed by atoms with Gasteiger partial charge in [-0.2, -0.15) is 0 Å². The van der Waals surface area contributed by atoms with Crippen LogP contribution >= 0.6 is 12.4 Å². The molecule has 0 unspecified atom stereocenters. The Morgan fingerprint density at radius 3 is 2.50 bits per heavy atom. The zero-order valence-electron chi connectivity index (χ0n) is 12.1. The predicted molar refractivity (Wildman–Crippen MR) is 82.9 cm³/mol. The summed E-state index contributed by atoms with van der Waals surface area (Å²) in [5.41, 5.74) is 1.92. The van der Waals surface area contributed by atoms with Crippen molar-refractivity contribution in [2.45, 2.75) is 32.2 Å². The number of benzene rings is 1. The molecule has 1 atom stereocenters. The molecule has 2 fully saturated rings. The van der Waals surface area contributed by atoms with Crippen LogP contribution in [-0.4, -0.2) is 31.1 Å². The van der Waals surface area contributed by atoms with E-state index < -0.39 is 0 Å². The molecule has 0 amide bonds. The van der Waals surface area contributed by atoms with E-state index in [0.29, 0.717) is 6.04 Å². The summed E-state index contributed by atoms with van der Waals surface area (Å²) in [5, 5.41) is 3.40. The molecule has 112 valence electrons. The lowest BCUT2D eigenvalue weighted by molar-refractivity contribution is 0.0835. The zero-order chi connectivity index (χ0) is 13.2. The third kappa shape index (κ3) is 3.16. The molecule has 1 N–H and O–H groups in total. The second-order valence-corrected chi connectivity index (χ2v) is 5.93. The molecule has 1 saturated carbocycles. The van der Waals surface area contributed by atoms with E-state index in [1.165, 1.54) is 24.8 Å². The predicted octanol–water partition coefficient (Wildman–Crippen LogP) is 3.30. The summed E-state index contributed by atoms with van der Waals surface area (Å²) in [4.78, 5) is 2.55. The minimum Gasteiger partial charge on any atom is -0.314 e. The second kappa shape index (κ2) is 6.88. The van der Waals surface area contributed by atoms with E-state index in [2.05, 4.69) is 16.3 Å². The molecule has 2 aliphatic rings. The van der Waals surface area contributed by atoms with Crippen LogP contribution in [0.25, 0.3) is 0 Å². The van der Waals surface area contributed by atoms with Gasteiger partial charge >= 0.3 is 0 Å². The van der Waals surface area contributed by atoms with Gasteiger partial charge in [0.2, 0.25) is 0 Å². The van der Waals surface area contributed by atoms with Gasteiger partial charge in [0.25, 0.3) is 0 Å². The maximum absolute atomic E-state index is 13.9. The smallest absolute Gasteiger partial charge is 0.126 e. The molecule has 1 aliphatic heterocycles. The molecule has 3 rings (SSSR count). The van der Waals surface area contributed by atoms with Crippen LogP contribution in [0.3, 0.4) is 0 Å². The highest BCUT2D eigenvalue weighted by molar-refractivity contribution is 5.85.